The van der Waals surface area contributed by atoms with Crippen LogP contribution in [0, 0.1) is 0 Å². The minimum Gasteiger partial charge on any atom is -0.386 e. The Morgan fingerprint density at radius 3 is 1.12 bits per heavy atom. The van der Waals surface area contributed by atoms with Crippen LogP contribution in [0.4, 0.5) is 0 Å². The molecule has 3 atom stereocenters. The molecule has 7 nitrogen and oxygen atoms in total. The molecule has 0 aliphatic rings. The molecule has 0 aliphatic carbocycles. The number of aliphatic hydroxyl groups excluding tert-OH is 3. The lowest BCUT2D eigenvalue weighted by atomic mass is 10.2. The van der Waals surface area contributed by atoms with E-state index >= 15 is 0 Å². The Kier molecular flexibility index (Phi) is 8.67. The first-order valence-corrected chi connectivity index (χ1v) is 5.40. The molecular weight excluding hydrogens is 212 g/mol. The van der Waals surface area contributed by atoms with E-state index < -0.39 is 18.3 Å². The van der Waals surface area contributed by atoms with Gasteiger partial charge in [-0.15, -0.1) is 0 Å². The van der Waals surface area contributed by atoms with E-state index in [0.717, 1.165) is 0 Å². The van der Waals surface area contributed by atoms with Gasteiger partial charge >= 0.3 is 0 Å². The average Bonchev–Trinajstić information content (AvgIpc) is 2.28. The second-order valence-electron chi connectivity index (χ2n) is 3.89. The largest absolute Gasteiger partial charge is 0.386 e. The van der Waals surface area contributed by atoms with Gasteiger partial charge in [-0.25, -0.2) is 0 Å². The van der Waals surface area contributed by atoms with Crippen LogP contribution in [0.3, 0.4) is 0 Å². The molecule has 0 amide bonds. The highest BCUT2D eigenvalue weighted by atomic mass is 16.3. The van der Waals surface area contributed by atoms with Gasteiger partial charge in [-0.3, -0.25) is 0 Å². The molecule has 0 heterocycles. The molecule has 0 saturated carbocycles. The Morgan fingerprint density at radius 1 is 0.688 bits per heavy atom. The van der Waals surface area contributed by atoms with Crippen LogP contribution in [0.2, 0.25) is 0 Å². The van der Waals surface area contributed by atoms with Crippen LogP contribution in [0.1, 0.15) is 0 Å². The molecule has 16 heavy (non-hydrogen) atoms. The second kappa shape index (κ2) is 8.82. The van der Waals surface area contributed by atoms with Gasteiger partial charge < -0.3 is 32.5 Å². The van der Waals surface area contributed by atoms with Crippen LogP contribution in [-0.2, 0) is 0 Å². The second-order valence-corrected chi connectivity index (χ2v) is 3.89. The quantitative estimate of drug-likeness (QED) is 0.226. The topological polar surface area (TPSA) is 145 Å². The molecule has 0 rings (SSSR count). The first-order chi connectivity index (χ1) is 7.53. The van der Waals surface area contributed by atoms with E-state index in [-0.39, 0.29) is 39.3 Å². The maximum Gasteiger partial charge on any atom is 0.150 e. The Hall–Kier alpha value is -0.280. The smallest absolute Gasteiger partial charge is 0.150 e. The van der Waals surface area contributed by atoms with Crippen molar-refractivity contribution in [2.75, 3.05) is 39.3 Å². The van der Waals surface area contributed by atoms with Gasteiger partial charge in [0.2, 0.25) is 0 Å². The highest BCUT2D eigenvalue weighted by Gasteiger charge is 2.25. The van der Waals surface area contributed by atoms with E-state index in [1.54, 1.807) is 4.90 Å². The summed E-state index contributed by atoms with van der Waals surface area (Å²) in [5.74, 6) is 0. The minimum absolute atomic E-state index is 0.133. The van der Waals surface area contributed by atoms with E-state index in [4.69, 9.17) is 17.2 Å². The lowest BCUT2D eigenvalue weighted by molar-refractivity contribution is 0.0886. The lowest BCUT2D eigenvalue weighted by Crippen LogP contribution is -2.50. The Bertz CT molecular complexity index is 144. The van der Waals surface area contributed by atoms with Crippen LogP contribution in [0.5, 0.6) is 0 Å². The van der Waals surface area contributed by atoms with E-state index in [1.807, 2.05) is 0 Å². The van der Waals surface area contributed by atoms with Gasteiger partial charge in [0.15, 0.2) is 0 Å². The number of nitrogens with zero attached hydrogens (tertiary/aromatic N) is 1. The van der Waals surface area contributed by atoms with Crippen LogP contribution in [0.25, 0.3) is 0 Å². The third kappa shape index (κ3) is 7.07. The fourth-order valence-corrected chi connectivity index (χ4v) is 1.34. The summed E-state index contributed by atoms with van der Waals surface area (Å²) in [6.45, 7) is 1.25. The van der Waals surface area contributed by atoms with Gasteiger partial charge in [-0.2, -0.15) is 4.90 Å². The van der Waals surface area contributed by atoms with E-state index in [0.29, 0.717) is 0 Å². The van der Waals surface area contributed by atoms with Gasteiger partial charge in [0.25, 0.3) is 0 Å². The molecule has 0 bridgehead atoms. The summed E-state index contributed by atoms with van der Waals surface area (Å²) < 4.78 is 0. The number of aliphatic hydroxyl groups is 3. The van der Waals surface area contributed by atoms with Crippen molar-refractivity contribution in [2.24, 2.45) is 17.2 Å². The van der Waals surface area contributed by atoms with Gasteiger partial charge in [0.1, 0.15) is 37.9 Å². The number of nitrogens with two attached hydrogens (primary N) is 3. The molecule has 7 heteroatoms. The van der Waals surface area contributed by atoms with Crippen LogP contribution in [-0.4, -0.2) is 72.9 Å². The predicted molar refractivity (Wildman–Crippen MR) is 61.9 cm³/mol. The summed E-state index contributed by atoms with van der Waals surface area (Å²) in [6, 6.07) is 0. The van der Waals surface area contributed by atoms with Gasteiger partial charge in [-0.05, 0) is 0 Å². The van der Waals surface area contributed by atoms with Crippen molar-refractivity contribution in [3.05, 3.63) is 0 Å². The highest BCUT2D eigenvalue weighted by Crippen LogP contribution is 1.94. The van der Waals surface area contributed by atoms with Gasteiger partial charge in [-0.1, -0.05) is 0 Å². The van der Waals surface area contributed by atoms with Crippen molar-refractivity contribution in [2.45, 2.75) is 18.3 Å². The molecule has 97 valence electrons. The average molecular weight is 236 g/mol. The van der Waals surface area contributed by atoms with Crippen molar-refractivity contribution in [1.29, 1.82) is 0 Å². The lowest BCUT2D eigenvalue weighted by Gasteiger charge is -2.19. The molecule has 0 aromatic rings. The zero-order valence-corrected chi connectivity index (χ0v) is 9.50. The van der Waals surface area contributed by atoms with Crippen LogP contribution < -0.4 is 22.1 Å². The molecule has 0 aromatic heterocycles. The predicted octanol–water partition coefficient (Wildman–Crippen LogP) is -3.91. The zero-order chi connectivity index (χ0) is 12.6. The monoisotopic (exact) mass is 236 g/mol. The molecule has 1 radical (unpaired) electrons. The van der Waals surface area contributed by atoms with Crippen molar-refractivity contribution in [3.63, 3.8) is 0 Å². The summed E-state index contributed by atoms with van der Waals surface area (Å²) in [6.07, 6.45) is -2.06. The summed E-state index contributed by atoms with van der Waals surface area (Å²) in [7, 11) is 0. The van der Waals surface area contributed by atoms with Crippen molar-refractivity contribution in [1.82, 2.24) is 4.90 Å². The molecule has 0 spiro atoms. The number of hydrogen-bond acceptors (Lipinski definition) is 7. The molecule has 0 saturated heterocycles. The van der Waals surface area contributed by atoms with E-state index in [2.05, 4.69) is 0 Å². The van der Waals surface area contributed by atoms with Gasteiger partial charge in [0, 0.05) is 19.6 Å². The van der Waals surface area contributed by atoms with E-state index in [1.165, 1.54) is 0 Å². The highest BCUT2D eigenvalue weighted by molar-refractivity contribution is 4.77. The summed E-state index contributed by atoms with van der Waals surface area (Å²) in [5, 5.41) is 28.2. The zero-order valence-electron chi connectivity index (χ0n) is 9.50. The third-order valence-corrected chi connectivity index (χ3v) is 2.22. The number of hydrogen-bond donors (Lipinski definition) is 6. The van der Waals surface area contributed by atoms with Crippen molar-refractivity contribution < 1.29 is 15.3 Å². The van der Waals surface area contributed by atoms with Crippen molar-refractivity contribution in [3.8, 4) is 0 Å². The van der Waals surface area contributed by atoms with Crippen LogP contribution in [0.15, 0.2) is 0 Å². The fourth-order valence-electron chi connectivity index (χ4n) is 1.34. The molecule has 0 fully saturated rings. The third-order valence-electron chi connectivity index (χ3n) is 2.22. The maximum atomic E-state index is 9.41. The fraction of sp³-hybridized carbons (Fsp3) is 1.00. The molecule has 9 N–H and O–H groups in total. The van der Waals surface area contributed by atoms with E-state index in [9.17, 15) is 15.3 Å². The summed E-state index contributed by atoms with van der Waals surface area (Å²) in [5.41, 5.74) is 15.9. The SMILES string of the molecule is NCC(O)C[N+](CC(O)CN)CC(O)CN. The minimum atomic E-state index is -0.685. The molecule has 3 unspecified atom stereocenters. The normalized spacial score (nSPS) is 17.4. The van der Waals surface area contributed by atoms with Crippen LogP contribution >= 0.6 is 0 Å². The molecular formula is C9H24N4O3+. The Balaban J connectivity index is 4.15. The summed E-state index contributed by atoms with van der Waals surface area (Å²) >= 11 is 0. The Morgan fingerprint density at radius 2 is 0.938 bits per heavy atom. The maximum absolute atomic E-state index is 9.41. The van der Waals surface area contributed by atoms with Crippen molar-refractivity contribution >= 4 is 0 Å². The Labute approximate surface area is 95.8 Å². The summed E-state index contributed by atoms with van der Waals surface area (Å²) in [4.78, 5) is 1.70. The van der Waals surface area contributed by atoms with Gasteiger partial charge in [0.05, 0.1) is 0 Å². The first-order valence-electron chi connectivity index (χ1n) is 5.40. The standard InChI is InChI=1S/C9H24N4O3/c10-1-7(14)4-13(5-8(15)2-11)6-9(16)3-12/h7-9,14-16H,1-6,10-12H2/q+1. The number of rotatable bonds is 9. The molecule has 0 aliphatic heterocycles. The first kappa shape index (κ1) is 15.7. The molecule has 0 aromatic carbocycles.